The summed E-state index contributed by atoms with van der Waals surface area (Å²) in [5.74, 6) is 0. The minimum absolute atomic E-state index is 0.294. The van der Waals surface area contributed by atoms with Gasteiger partial charge in [-0.3, -0.25) is 9.36 Å². The van der Waals surface area contributed by atoms with Crippen LogP contribution in [0.3, 0.4) is 0 Å². The van der Waals surface area contributed by atoms with Crippen LogP contribution in [0, 0.1) is 6.92 Å². The maximum Gasteiger partial charge on any atom is 0.334 e. The maximum absolute atomic E-state index is 11.2. The number of hydrogen-bond acceptors (Lipinski definition) is 4. The van der Waals surface area contributed by atoms with Crippen LogP contribution in [-0.4, -0.2) is 19.3 Å². The van der Waals surface area contributed by atoms with E-state index in [1.807, 2.05) is 0 Å². The van der Waals surface area contributed by atoms with Crippen LogP contribution in [0.1, 0.15) is 5.56 Å². The van der Waals surface area contributed by atoms with Crippen molar-refractivity contribution in [3.05, 3.63) is 32.6 Å². The zero-order chi connectivity index (χ0) is 10.0. The summed E-state index contributed by atoms with van der Waals surface area (Å²) in [5, 5.41) is 17.4. The van der Waals surface area contributed by atoms with E-state index in [0.717, 1.165) is 4.57 Å². The van der Waals surface area contributed by atoms with E-state index in [1.165, 1.54) is 13.1 Å². The third kappa shape index (κ3) is 1.53. The number of hydrogen-bond donors (Lipinski definition) is 2. The lowest BCUT2D eigenvalue weighted by Crippen LogP contribution is -2.40. The van der Waals surface area contributed by atoms with Crippen LogP contribution >= 0.6 is 0 Å². The molecule has 6 heteroatoms. The first-order valence-corrected chi connectivity index (χ1v) is 3.64. The van der Waals surface area contributed by atoms with Crippen molar-refractivity contribution < 1.29 is 10.2 Å². The normalized spacial score (nSPS) is 10.4. The predicted octanol–water partition coefficient (Wildman–Crippen LogP) is -1.78. The molecule has 13 heavy (non-hydrogen) atoms. The van der Waals surface area contributed by atoms with Crippen LogP contribution < -0.4 is 11.2 Å². The Labute approximate surface area is 73.3 Å². The van der Waals surface area contributed by atoms with Gasteiger partial charge in [0.1, 0.15) is 13.5 Å². The second-order valence-electron chi connectivity index (χ2n) is 2.58. The Morgan fingerprint density at radius 2 is 1.92 bits per heavy atom. The standard InChI is InChI=1S/C7H10N2O4/c1-5-2-8(3-10)7(13)9(4-11)6(5)12/h2,10-11H,3-4H2,1H3. The zero-order valence-corrected chi connectivity index (χ0v) is 7.10. The first-order chi connectivity index (χ1) is 6.11. The van der Waals surface area contributed by atoms with Crippen molar-refractivity contribution in [2.75, 3.05) is 0 Å². The number of nitrogens with zero attached hydrogens (tertiary/aromatic N) is 2. The first kappa shape index (κ1) is 9.69. The Hall–Kier alpha value is -1.40. The van der Waals surface area contributed by atoms with Crippen molar-refractivity contribution in [2.45, 2.75) is 20.4 Å². The fourth-order valence-corrected chi connectivity index (χ4v) is 1.03. The molecular weight excluding hydrogens is 176 g/mol. The summed E-state index contributed by atoms with van der Waals surface area (Å²) in [6.07, 6.45) is 1.25. The Bertz CT molecular complexity index is 417. The van der Waals surface area contributed by atoms with Gasteiger partial charge in [-0.2, -0.15) is 0 Å². The molecule has 0 spiro atoms. The summed E-state index contributed by atoms with van der Waals surface area (Å²) in [6.45, 7) is 0.305. The van der Waals surface area contributed by atoms with Gasteiger partial charge in [-0.25, -0.2) is 9.36 Å². The molecule has 6 nitrogen and oxygen atoms in total. The Kier molecular flexibility index (Phi) is 2.64. The summed E-state index contributed by atoms with van der Waals surface area (Å²) in [5.41, 5.74) is -0.972. The van der Waals surface area contributed by atoms with Gasteiger partial charge in [0.2, 0.25) is 0 Å². The molecule has 0 unspecified atom stereocenters. The van der Waals surface area contributed by atoms with E-state index >= 15 is 0 Å². The summed E-state index contributed by atoms with van der Waals surface area (Å²) in [6, 6.07) is 0. The molecule has 72 valence electrons. The largest absolute Gasteiger partial charge is 0.376 e. The van der Waals surface area contributed by atoms with Gasteiger partial charge in [0.05, 0.1) is 0 Å². The van der Waals surface area contributed by atoms with Gasteiger partial charge in [-0.15, -0.1) is 0 Å². The summed E-state index contributed by atoms with van der Waals surface area (Å²) >= 11 is 0. The lowest BCUT2D eigenvalue weighted by Gasteiger charge is -2.06. The molecule has 1 aromatic heterocycles. The highest BCUT2D eigenvalue weighted by Crippen LogP contribution is 1.84. The minimum Gasteiger partial charge on any atom is -0.376 e. The highest BCUT2D eigenvalue weighted by Gasteiger charge is 2.05. The van der Waals surface area contributed by atoms with E-state index in [1.54, 1.807) is 0 Å². The van der Waals surface area contributed by atoms with Crippen molar-refractivity contribution in [3.63, 3.8) is 0 Å². The van der Waals surface area contributed by atoms with E-state index in [0.29, 0.717) is 10.1 Å². The van der Waals surface area contributed by atoms with E-state index in [-0.39, 0.29) is 0 Å². The zero-order valence-electron chi connectivity index (χ0n) is 7.10. The second-order valence-corrected chi connectivity index (χ2v) is 2.58. The number of aromatic nitrogens is 2. The van der Waals surface area contributed by atoms with Crippen LogP contribution in [0.5, 0.6) is 0 Å². The number of rotatable bonds is 2. The van der Waals surface area contributed by atoms with Crippen LogP contribution in [0.4, 0.5) is 0 Å². The lowest BCUT2D eigenvalue weighted by molar-refractivity contribution is 0.174. The van der Waals surface area contributed by atoms with Crippen molar-refractivity contribution in [1.82, 2.24) is 9.13 Å². The van der Waals surface area contributed by atoms with Crippen molar-refractivity contribution in [1.29, 1.82) is 0 Å². The van der Waals surface area contributed by atoms with E-state index in [2.05, 4.69) is 0 Å². The fourth-order valence-electron chi connectivity index (χ4n) is 1.03. The maximum atomic E-state index is 11.2. The average Bonchev–Trinajstić information content (AvgIpc) is 2.12. The van der Waals surface area contributed by atoms with Gasteiger partial charge in [-0.05, 0) is 6.92 Å². The quantitative estimate of drug-likeness (QED) is 0.571. The van der Waals surface area contributed by atoms with Crippen LogP contribution in [0.15, 0.2) is 15.8 Å². The molecule has 0 bridgehead atoms. The number of aliphatic hydroxyl groups excluding tert-OH is 2. The number of aliphatic hydroxyl groups is 2. The molecule has 1 rings (SSSR count). The third-order valence-corrected chi connectivity index (χ3v) is 1.70. The molecule has 0 aliphatic rings. The molecule has 0 aromatic carbocycles. The Morgan fingerprint density at radius 3 is 2.38 bits per heavy atom. The third-order valence-electron chi connectivity index (χ3n) is 1.70. The fraction of sp³-hybridized carbons (Fsp3) is 0.429. The van der Waals surface area contributed by atoms with Crippen LogP contribution in [-0.2, 0) is 13.5 Å². The van der Waals surface area contributed by atoms with E-state index < -0.39 is 24.7 Å². The topological polar surface area (TPSA) is 84.5 Å². The molecule has 0 aliphatic carbocycles. The highest BCUT2D eigenvalue weighted by molar-refractivity contribution is 5.02. The molecular formula is C7H10N2O4. The Morgan fingerprint density at radius 1 is 1.31 bits per heavy atom. The van der Waals surface area contributed by atoms with Gasteiger partial charge < -0.3 is 10.2 Å². The molecule has 0 amide bonds. The molecule has 0 fully saturated rings. The molecule has 0 saturated heterocycles. The molecule has 0 aliphatic heterocycles. The summed E-state index contributed by atoms with van der Waals surface area (Å²) < 4.78 is 1.58. The van der Waals surface area contributed by atoms with Crippen LogP contribution in [0.25, 0.3) is 0 Å². The van der Waals surface area contributed by atoms with Gasteiger partial charge in [0, 0.05) is 11.8 Å². The molecule has 1 heterocycles. The molecule has 1 aromatic rings. The predicted molar refractivity (Wildman–Crippen MR) is 44.1 cm³/mol. The van der Waals surface area contributed by atoms with Crippen LogP contribution in [0.2, 0.25) is 0 Å². The molecule has 2 N–H and O–H groups in total. The van der Waals surface area contributed by atoms with Crippen molar-refractivity contribution in [2.24, 2.45) is 0 Å². The first-order valence-electron chi connectivity index (χ1n) is 3.64. The SMILES string of the molecule is Cc1cn(CO)c(=O)n(CO)c1=O. The average molecular weight is 186 g/mol. The van der Waals surface area contributed by atoms with E-state index in [9.17, 15) is 9.59 Å². The highest BCUT2D eigenvalue weighted by atomic mass is 16.3. The molecule has 0 radical (unpaired) electrons. The Balaban J connectivity index is 3.58. The molecule has 0 atom stereocenters. The second kappa shape index (κ2) is 3.55. The number of aryl methyl sites for hydroxylation is 1. The summed E-state index contributed by atoms with van der Waals surface area (Å²) in [4.78, 5) is 22.4. The lowest BCUT2D eigenvalue weighted by atomic mass is 10.4. The van der Waals surface area contributed by atoms with Gasteiger partial charge >= 0.3 is 5.69 Å². The van der Waals surface area contributed by atoms with E-state index in [4.69, 9.17) is 10.2 Å². The van der Waals surface area contributed by atoms with Gasteiger partial charge in [0.25, 0.3) is 5.56 Å². The minimum atomic E-state index is -0.722. The molecule has 0 saturated carbocycles. The smallest absolute Gasteiger partial charge is 0.334 e. The van der Waals surface area contributed by atoms with Gasteiger partial charge in [0.15, 0.2) is 0 Å². The monoisotopic (exact) mass is 186 g/mol. The summed E-state index contributed by atoms with van der Waals surface area (Å²) in [7, 11) is 0. The van der Waals surface area contributed by atoms with Gasteiger partial charge in [-0.1, -0.05) is 0 Å². The van der Waals surface area contributed by atoms with Crippen molar-refractivity contribution >= 4 is 0 Å². The van der Waals surface area contributed by atoms with Crippen molar-refractivity contribution in [3.8, 4) is 0 Å².